The molecule has 8 heteroatoms. The molecule has 2 heterocycles. The third-order valence-electron chi connectivity index (χ3n) is 6.73. The van der Waals surface area contributed by atoms with E-state index in [1.54, 1.807) is 0 Å². The van der Waals surface area contributed by atoms with Gasteiger partial charge in [-0.15, -0.1) is 10.2 Å². The van der Waals surface area contributed by atoms with Gasteiger partial charge in [-0.25, -0.2) is 4.79 Å². The zero-order valence-electron chi connectivity index (χ0n) is 17.0. The van der Waals surface area contributed by atoms with Gasteiger partial charge in [0, 0.05) is 10.9 Å². The molecule has 160 valence electrons. The number of rotatable bonds is 3. The number of hydrogen-bond donors (Lipinski definition) is 1. The third-order valence-corrected chi connectivity index (χ3v) is 6.96. The van der Waals surface area contributed by atoms with E-state index in [0.717, 1.165) is 42.8 Å². The summed E-state index contributed by atoms with van der Waals surface area (Å²) in [6.45, 7) is 0.505. The number of carboxylic acid groups (broad SMARTS) is 1. The molecule has 1 N–H and O–H groups in total. The Labute approximate surface area is 181 Å². The fourth-order valence-electron chi connectivity index (χ4n) is 5.18. The van der Waals surface area contributed by atoms with Crippen molar-refractivity contribution in [1.29, 1.82) is 0 Å². The highest BCUT2D eigenvalue weighted by molar-refractivity contribution is 6.30. The molecule has 3 aliphatic rings. The number of nitrogens with zero attached hydrogens (tertiary/aromatic N) is 4. The van der Waals surface area contributed by atoms with Gasteiger partial charge in [0.1, 0.15) is 5.82 Å². The van der Waals surface area contributed by atoms with E-state index in [2.05, 4.69) is 14.8 Å². The number of hydrogen-bond acceptors (Lipinski definition) is 4. The maximum atomic E-state index is 11.7. The van der Waals surface area contributed by atoms with Crippen LogP contribution < -0.4 is 0 Å². The number of carbonyl (C=O) groups is 1. The fraction of sp³-hybridized carbons (Fsp3) is 0.591. The van der Waals surface area contributed by atoms with Gasteiger partial charge in [0.2, 0.25) is 0 Å². The quantitative estimate of drug-likeness (QED) is 0.749. The predicted molar refractivity (Wildman–Crippen MR) is 112 cm³/mol. The van der Waals surface area contributed by atoms with E-state index in [9.17, 15) is 9.90 Å². The fourth-order valence-corrected chi connectivity index (χ4v) is 5.37. The summed E-state index contributed by atoms with van der Waals surface area (Å²) in [6.07, 6.45) is 8.94. The van der Waals surface area contributed by atoms with E-state index in [1.165, 1.54) is 30.6 Å². The van der Waals surface area contributed by atoms with Crippen molar-refractivity contribution in [2.24, 2.45) is 0 Å². The summed E-state index contributed by atoms with van der Waals surface area (Å²) in [5, 5.41) is 19.1. The molecule has 0 bridgehead atoms. The van der Waals surface area contributed by atoms with Crippen molar-refractivity contribution in [3.63, 3.8) is 0 Å². The zero-order valence-corrected chi connectivity index (χ0v) is 17.7. The maximum Gasteiger partial charge on any atom is 0.408 e. The number of aromatic nitrogens is 3. The monoisotopic (exact) mass is 430 g/mol. The molecule has 7 nitrogen and oxygen atoms in total. The van der Waals surface area contributed by atoms with Gasteiger partial charge in [0.25, 0.3) is 0 Å². The highest BCUT2D eigenvalue weighted by atomic mass is 35.5. The summed E-state index contributed by atoms with van der Waals surface area (Å²) >= 11 is 6.21. The Morgan fingerprint density at radius 2 is 1.77 bits per heavy atom. The van der Waals surface area contributed by atoms with Gasteiger partial charge in [-0.05, 0) is 62.3 Å². The molecule has 2 aromatic rings. The van der Waals surface area contributed by atoms with Gasteiger partial charge in [-0.2, -0.15) is 0 Å². The summed E-state index contributed by atoms with van der Waals surface area (Å²) in [4.78, 5) is 13.1. The molecule has 0 spiro atoms. The van der Waals surface area contributed by atoms with E-state index in [4.69, 9.17) is 16.3 Å². The maximum absolute atomic E-state index is 11.7. The van der Waals surface area contributed by atoms with Gasteiger partial charge in [-0.1, -0.05) is 24.4 Å². The van der Waals surface area contributed by atoms with E-state index in [1.807, 2.05) is 18.2 Å². The molecular formula is C22H27ClN4O3. The topological polar surface area (TPSA) is 80.5 Å². The second-order valence-electron chi connectivity index (χ2n) is 8.74. The molecule has 0 unspecified atom stereocenters. The van der Waals surface area contributed by atoms with Crippen molar-refractivity contribution in [3.8, 4) is 5.69 Å². The van der Waals surface area contributed by atoms with Gasteiger partial charge < -0.3 is 9.84 Å². The number of fused-ring (bicyclic) bond motifs is 3. The minimum atomic E-state index is -0.969. The second-order valence-corrected chi connectivity index (χ2v) is 9.17. The average molecular weight is 431 g/mol. The van der Waals surface area contributed by atoms with Gasteiger partial charge in [0.15, 0.2) is 5.82 Å². The molecule has 30 heavy (non-hydrogen) atoms. The standard InChI is InChI=1S/C22H27ClN4O3/c23-16-7-10-19-15(11-16)12-26(22(28)29)13-20-24-25-21(27(19)20)14-5-8-18(9-6-14)30-17-3-1-2-4-17/h7,10-11,14,17-18H,1-6,8-9,12-13H2,(H,28,29)/t14-,18-. The number of amides is 1. The Morgan fingerprint density at radius 3 is 2.50 bits per heavy atom. The van der Waals surface area contributed by atoms with Crippen LogP contribution >= 0.6 is 11.6 Å². The number of ether oxygens (including phenoxy) is 1. The van der Waals surface area contributed by atoms with Crippen LogP contribution in [0.4, 0.5) is 4.79 Å². The molecule has 2 fully saturated rings. The van der Waals surface area contributed by atoms with E-state index >= 15 is 0 Å². The molecule has 2 saturated carbocycles. The van der Waals surface area contributed by atoms with Crippen LogP contribution in [-0.4, -0.2) is 43.1 Å². The first-order valence-corrected chi connectivity index (χ1v) is 11.3. The molecule has 0 atom stereocenters. The SMILES string of the molecule is O=C(O)N1Cc2cc(Cl)ccc2-n2c(nnc2[C@H]2CC[C@H](OC3CCCC3)CC2)C1. The largest absolute Gasteiger partial charge is 0.465 e. The highest BCUT2D eigenvalue weighted by Gasteiger charge is 2.32. The summed E-state index contributed by atoms with van der Waals surface area (Å²) in [5.74, 6) is 1.90. The van der Waals surface area contributed by atoms with E-state index in [-0.39, 0.29) is 13.1 Å². The lowest BCUT2D eigenvalue weighted by Crippen LogP contribution is -2.28. The molecule has 1 aromatic carbocycles. The summed E-state index contributed by atoms with van der Waals surface area (Å²) in [7, 11) is 0. The normalized spacial score (nSPS) is 24.4. The number of benzene rings is 1. The van der Waals surface area contributed by atoms with Crippen LogP contribution in [0.2, 0.25) is 5.02 Å². The van der Waals surface area contributed by atoms with Crippen LogP contribution in [0.5, 0.6) is 0 Å². The van der Waals surface area contributed by atoms with Gasteiger partial charge in [0.05, 0.1) is 31.0 Å². The van der Waals surface area contributed by atoms with Gasteiger partial charge >= 0.3 is 6.09 Å². The molecular weight excluding hydrogens is 404 g/mol. The van der Waals surface area contributed by atoms with Crippen LogP contribution in [0, 0.1) is 0 Å². The van der Waals surface area contributed by atoms with Crippen molar-refractivity contribution in [2.45, 2.75) is 82.6 Å². The van der Waals surface area contributed by atoms with Crippen LogP contribution in [0.15, 0.2) is 18.2 Å². The lowest BCUT2D eigenvalue weighted by Gasteiger charge is -2.30. The van der Waals surface area contributed by atoms with Crippen molar-refractivity contribution in [3.05, 3.63) is 40.4 Å². The Balaban J connectivity index is 1.40. The lowest BCUT2D eigenvalue weighted by atomic mass is 9.86. The van der Waals surface area contributed by atoms with Crippen LogP contribution in [0.3, 0.4) is 0 Å². The smallest absolute Gasteiger partial charge is 0.408 e. The first-order valence-electron chi connectivity index (χ1n) is 10.9. The molecule has 0 radical (unpaired) electrons. The van der Waals surface area contributed by atoms with Crippen molar-refractivity contribution in [2.75, 3.05) is 0 Å². The molecule has 1 aromatic heterocycles. The molecule has 5 rings (SSSR count). The molecule has 1 amide bonds. The molecule has 0 saturated heterocycles. The van der Waals surface area contributed by atoms with Crippen molar-refractivity contribution < 1.29 is 14.6 Å². The number of halogens is 1. The van der Waals surface area contributed by atoms with Crippen molar-refractivity contribution in [1.82, 2.24) is 19.7 Å². The summed E-state index contributed by atoms with van der Waals surface area (Å²) in [5.41, 5.74) is 1.81. The minimum Gasteiger partial charge on any atom is -0.465 e. The first kappa shape index (κ1) is 19.8. The first-order chi connectivity index (χ1) is 14.6. The average Bonchev–Trinajstić information content (AvgIpc) is 3.35. The van der Waals surface area contributed by atoms with Crippen LogP contribution in [0.1, 0.15) is 74.5 Å². The minimum absolute atomic E-state index is 0.217. The van der Waals surface area contributed by atoms with Gasteiger partial charge in [-0.3, -0.25) is 9.47 Å². The molecule has 1 aliphatic heterocycles. The summed E-state index contributed by atoms with van der Waals surface area (Å²) in [6, 6.07) is 5.64. The Hall–Kier alpha value is -2.12. The van der Waals surface area contributed by atoms with Crippen molar-refractivity contribution >= 4 is 17.7 Å². The Bertz CT molecular complexity index is 932. The summed E-state index contributed by atoms with van der Waals surface area (Å²) < 4.78 is 8.40. The Kier molecular flexibility index (Phi) is 5.41. The predicted octanol–water partition coefficient (Wildman–Crippen LogP) is 4.90. The highest BCUT2D eigenvalue weighted by Crippen LogP contribution is 2.38. The van der Waals surface area contributed by atoms with Crippen LogP contribution in [-0.2, 0) is 17.8 Å². The molecule has 2 aliphatic carbocycles. The zero-order chi connectivity index (χ0) is 20.7. The third kappa shape index (κ3) is 3.81. The van der Waals surface area contributed by atoms with Crippen LogP contribution in [0.25, 0.3) is 5.69 Å². The lowest BCUT2D eigenvalue weighted by molar-refractivity contribution is -0.0288. The second kappa shape index (κ2) is 8.19. The van der Waals surface area contributed by atoms with E-state index in [0.29, 0.717) is 29.0 Å². The van der Waals surface area contributed by atoms with E-state index < -0.39 is 6.09 Å². The Morgan fingerprint density at radius 1 is 1.03 bits per heavy atom.